The van der Waals surface area contributed by atoms with Crippen LogP contribution in [0.5, 0.6) is 0 Å². The molecule has 0 aromatic heterocycles. The van der Waals surface area contributed by atoms with Crippen LogP contribution < -0.4 is 10.0 Å². The Kier molecular flexibility index (Phi) is 6.61. The predicted molar refractivity (Wildman–Crippen MR) is 112 cm³/mol. The third-order valence-electron chi connectivity index (χ3n) is 5.34. The standard InChI is InChI=1S/C21H24ClFN2O3S/c1-13-7-8-15(11-18(13)22)24-21(26)17-12-16(9-10-19(17)23)29(27,28)25-20-6-4-3-5-14(20)2/h7-12,14,20,25H,3-6H2,1-2H3,(H,24,26)/t14-,20+/m1/s1. The van der Waals surface area contributed by atoms with Gasteiger partial charge in [0.1, 0.15) is 5.82 Å². The molecule has 0 spiro atoms. The monoisotopic (exact) mass is 438 g/mol. The van der Waals surface area contributed by atoms with E-state index in [1.165, 1.54) is 6.07 Å². The molecule has 3 rings (SSSR count). The topological polar surface area (TPSA) is 75.3 Å². The summed E-state index contributed by atoms with van der Waals surface area (Å²) in [6.07, 6.45) is 3.78. The van der Waals surface area contributed by atoms with Crippen LogP contribution in [0.15, 0.2) is 41.3 Å². The predicted octanol–water partition coefficient (Wildman–Crippen LogP) is 4.90. The lowest BCUT2D eigenvalue weighted by atomic mass is 9.87. The summed E-state index contributed by atoms with van der Waals surface area (Å²) in [5.74, 6) is -1.32. The number of halogens is 2. The molecule has 0 unspecified atom stereocenters. The fraction of sp³-hybridized carbons (Fsp3) is 0.381. The van der Waals surface area contributed by atoms with Gasteiger partial charge in [-0.05, 0) is 61.6 Å². The van der Waals surface area contributed by atoms with Crippen LogP contribution in [0.1, 0.15) is 48.5 Å². The van der Waals surface area contributed by atoms with Gasteiger partial charge in [-0.2, -0.15) is 0 Å². The lowest BCUT2D eigenvalue weighted by Gasteiger charge is -2.29. The average Bonchev–Trinajstić information content (AvgIpc) is 2.66. The lowest BCUT2D eigenvalue weighted by molar-refractivity contribution is 0.102. The third-order valence-corrected chi connectivity index (χ3v) is 7.24. The first-order valence-corrected chi connectivity index (χ1v) is 11.4. The van der Waals surface area contributed by atoms with Crippen molar-refractivity contribution < 1.29 is 17.6 Å². The molecule has 1 aliphatic rings. The Bertz CT molecular complexity index is 1030. The molecule has 8 heteroatoms. The highest BCUT2D eigenvalue weighted by atomic mass is 35.5. The van der Waals surface area contributed by atoms with Gasteiger partial charge in [-0.25, -0.2) is 17.5 Å². The summed E-state index contributed by atoms with van der Waals surface area (Å²) < 4.78 is 42.6. The van der Waals surface area contributed by atoms with Gasteiger partial charge in [-0.3, -0.25) is 4.79 Å². The molecule has 2 aromatic carbocycles. The summed E-state index contributed by atoms with van der Waals surface area (Å²) in [7, 11) is -3.87. The number of amides is 1. The zero-order chi connectivity index (χ0) is 21.2. The summed E-state index contributed by atoms with van der Waals surface area (Å²) in [5.41, 5.74) is 0.889. The first-order valence-electron chi connectivity index (χ1n) is 9.57. The van der Waals surface area contributed by atoms with E-state index < -0.39 is 21.7 Å². The van der Waals surface area contributed by atoms with Gasteiger partial charge in [-0.1, -0.05) is 37.4 Å². The van der Waals surface area contributed by atoms with Gasteiger partial charge in [-0.15, -0.1) is 0 Å². The molecule has 1 fully saturated rings. The van der Waals surface area contributed by atoms with E-state index in [-0.39, 0.29) is 22.4 Å². The molecule has 2 atom stereocenters. The zero-order valence-electron chi connectivity index (χ0n) is 16.3. The molecule has 0 heterocycles. The Balaban J connectivity index is 1.83. The van der Waals surface area contributed by atoms with Crippen LogP contribution in [0.3, 0.4) is 0 Å². The molecule has 0 saturated heterocycles. The number of hydrogen-bond donors (Lipinski definition) is 2. The van der Waals surface area contributed by atoms with Crippen LogP contribution in [0.4, 0.5) is 10.1 Å². The van der Waals surface area contributed by atoms with Crippen molar-refractivity contribution >= 4 is 33.2 Å². The van der Waals surface area contributed by atoms with Gasteiger partial charge in [0.05, 0.1) is 10.5 Å². The number of anilines is 1. The van der Waals surface area contributed by atoms with E-state index in [1.807, 2.05) is 13.8 Å². The SMILES string of the molecule is Cc1ccc(NC(=O)c2cc(S(=O)(=O)N[C@H]3CCCC[C@H]3C)ccc2F)cc1Cl. The quantitative estimate of drug-likeness (QED) is 0.697. The van der Waals surface area contributed by atoms with E-state index in [1.54, 1.807) is 18.2 Å². The first-order chi connectivity index (χ1) is 13.7. The molecule has 2 aromatic rings. The molecular weight excluding hydrogens is 415 g/mol. The maximum Gasteiger partial charge on any atom is 0.258 e. The van der Waals surface area contributed by atoms with E-state index in [2.05, 4.69) is 10.0 Å². The van der Waals surface area contributed by atoms with Crippen LogP contribution in [0.25, 0.3) is 0 Å². The van der Waals surface area contributed by atoms with Crippen molar-refractivity contribution in [1.29, 1.82) is 0 Å². The molecular formula is C21H24ClFN2O3S. The number of sulfonamides is 1. The Labute approximate surface area is 175 Å². The highest BCUT2D eigenvalue weighted by molar-refractivity contribution is 7.89. The molecule has 0 radical (unpaired) electrons. The Hall–Kier alpha value is -1.96. The number of carbonyl (C=O) groups excluding carboxylic acids is 1. The van der Waals surface area contributed by atoms with Crippen LogP contribution in [0.2, 0.25) is 5.02 Å². The molecule has 1 saturated carbocycles. The van der Waals surface area contributed by atoms with E-state index in [4.69, 9.17) is 11.6 Å². The Morgan fingerprint density at radius 2 is 1.86 bits per heavy atom. The summed E-state index contributed by atoms with van der Waals surface area (Å²) in [6.45, 7) is 3.84. The van der Waals surface area contributed by atoms with Gasteiger partial charge in [0, 0.05) is 16.8 Å². The van der Waals surface area contributed by atoms with Crippen molar-refractivity contribution in [3.8, 4) is 0 Å². The number of benzene rings is 2. The highest BCUT2D eigenvalue weighted by Crippen LogP contribution is 2.26. The molecule has 29 heavy (non-hydrogen) atoms. The Morgan fingerprint density at radius 3 is 2.55 bits per heavy atom. The first kappa shape index (κ1) is 21.7. The minimum absolute atomic E-state index is 0.135. The zero-order valence-corrected chi connectivity index (χ0v) is 17.9. The van der Waals surface area contributed by atoms with Gasteiger partial charge in [0.2, 0.25) is 10.0 Å². The van der Waals surface area contributed by atoms with Crippen molar-refractivity contribution in [2.75, 3.05) is 5.32 Å². The van der Waals surface area contributed by atoms with Crippen molar-refractivity contribution in [2.45, 2.75) is 50.5 Å². The van der Waals surface area contributed by atoms with Crippen LogP contribution >= 0.6 is 11.6 Å². The second-order valence-electron chi connectivity index (χ2n) is 7.55. The van der Waals surface area contributed by atoms with Crippen molar-refractivity contribution in [2.24, 2.45) is 5.92 Å². The highest BCUT2D eigenvalue weighted by Gasteiger charge is 2.27. The molecule has 1 aliphatic carbocycles. The van der Waals surface area contributed by atoms with Crippen molar-refractivity contribution in [3.63, 3.8) is 0 Å². The fourth-order valence-electron chi connectivity index (χ4n) is 3.47. The van der Waals surface area contributed by atoms with E-state index in [9.17, 15) is 17.6 Å². The molecule has 0 aliphatic heterocycles. The molecule has 1 amide bonds. The van der Waals surface area contributed by atoms with Gasteiger partial charge < -0.3 is 5.32 Å². The number of carbonyl (C=O) groups is 1. The largest absolute Gasteiger partial charge is 0.322 e. The van der Waals surface area contributed by atoms with Gasteiger partial charge >= 0.3 is 0 Å². The van der Waals surface area contributed by atoms with Crippen LogP contribution in [-0.2, 0) is 10.0 Å². The summed E-state index contributed by atoms with van der Waals surface area (Å²) in [4.78, 5) is 12.4. The van der Waals surface area contributed by atoms with E-state index in [0.29, 0.717) is 10.7 Å². The van der Waals surface area contributed by atoms with Gasteiger partial charge in [0.25, 0.3) is 5.91 Å². The summed E-state index contributed by atoms with van der Waals surface area (Å²) in [6, 6.07) is 8.00. The Morgan fingerprint density at radius 1 is 1.14 bits per heavy atom. The van der Waals surface area contributed by atoms with Crippen LogP contribution in [-0.4, -0.2) is 20.4 Å². The fourth-order valence-corrected chi connectivity index (χ4v) is 5.06. The van der Waals surface area contributed by atoms with Crippen molar-refractivity contribution in [1.82, 2.24) is 4.72 Å². The second kappa shape index (κ2) is 8.81. The normalized spacial score (nSPS) is 19.7. The molecule has 156 valence electrons. The molecule has 2 N–H and O–H groups in total. The second-order valence-corrected chi connectivity index (χ2v) is 9.67. The minimum atomic E-state index is -3.87. The number of hydrogen-bond acceptors (Lipinski definition) is 3. The number of rotatable bonds is 5. The van der Waals surface area contributed by atoms with Gasteiger partial charge in [0.15, 0.2) is 0 Å². The summed E-state index contributed by atoms with van der Waals surface area (Å²) in [5, 5.41) is 3.02. The van der Waals surface area contributed by atoms with E-state index >= 15 is 0 Å². The lowest BCUT2D eigenvalue weighted by Crippen LogP contribution is -2.41. The number of aryl methyl sites for hydroxylation is 1. The number of nitrogens with one attached hydrogen (secondary N) is 2. The van der Waals surface area contributed by atoms with Crippen LogP contribution in [0, 0.1) is 18.7 Å². The maximum absolute atomic E-state index is 14.3. The molecule has 0 bridgehead atoms. The van der Waals surface area contributed by atoms with Crippen molar-refractivity contribution in [3.05, 3.63) is 58.4 Å². The summed E-state index contributed by atoms with van der Waals surface area (Å²) >= 11 is 6.05. The average molecular weight is 439 g/mol. The van der Waals surface area contributed by atoms with E-state index in [0.717, 1.165) is 43.4 Å². The molecule has 5 nitrogen and oxygen atoms in total. The minimum Gasteiger partial charge on any atom is -0.322 e. The third kappa shape index (κ3) is 5.15. The smallest absolute Gasteiger partial charge is 0.258 e. The maximum atomic E-state index is 14.3.